The summed E-state index contributed by atoms with van der Waals surface area (Å²) in [7, 11) is -2.77. The molecule has 2 aliphatic rings. The van der Waals surface area contributed by atoms with Crippen molar-refractivity contribution in [2.45, 2.75) is 0 Å². The predicted octanol–water partition coefficient (Wildman–Crippen LogP) is 12.5. The van der Waals surface area contributed by atoms with E-state index < -0.39 is 8.07 Å². The van der Waals surface area contributed by atoms with Crippen molar-refractivity contribution in [3.8, 4) is 39.1 Å². The maximum Gasteiger partial charge on any atom is 0.333 e. The molecule has 0 atom stereocenters. The van der Waals surface area contributed by atoms with Gasteiger partial charge >= 0.3 is 6.85 Å². The van der Waals surface area contributed by atoms with Crippen LogP contribution in [0.2, 0.25) is 0 Å². The summed E-state index contributed by atoms with van der Waals surface area (Å²) in [5.41, 5.74) is 17.9. The molecule has 0 spiro atoms. The quantitative estimate of drug-likeness (QED) is 0.121. The van der Waals surface area contributed by atoms with Crippen LogP contribution in [0.1, 0.15) is 0 Å². The predicted molar refractivity (Wildman–Crippen MR) is 304 cm³/mol. The van der Waals surface area contributed by atoms with Gasteiger partial charge in [-0.2, -0.15) is 0 Å². The first-order valence-electron chi connectivity index (χ1n) is 24.6. The van der Waals surface area contributed by atoms with E-state index in [-0.39, 0.29) is 6.85 Å². The molecule has 1 aromatic heterocycles. The summed E-state index contributed by atoms with van der Waals surface area (Å²) in [6.45, 7) is -0.0683. The Morgan fingerprint density at radius 1 is 0.338 bits per heavy atom. The molecular formula is C66H46BN3Si. The van der Waals surface area contributed by atoms with Crippen LogP contribution in [0.15, 0.2) is 273 Å². The number of nitrogens with zero attached hydrogens (tertiary/aromatic N) is 2. The number of rotatable bonds is 8. The van der Waals surface area contributed by atoms with E-state index in [1.165, 1.54) is 92.5 Å². The number of anilines is 4. The fourth-order valence-electron chi connectivity index (χ4n) is 12.0. The lowest BCUT2D eigenvalue weighted by Crippen LogP contribution is -2.74. The van der Waals surface area contributed by atoms with E-state index in [0.717, 1.165) is 22.7 Å². The van der Waals surface area contributed by atoms with Crippen LogP contribution in [0.25, 0.3) is 60.9 Å². The highest BCUT2D eigenvalue weighted by molar-refractivity contribution is 7.20. The number of fused-ring (bicyclic) bond motifs is 7. The van der Waals surface area contributed by atoms with Crippen LogP contribution in [-0.4, -0.2) is 19.5 Å². The third-order valence-corrected chi connectivity index (χ3v) is 19.9. The lowest BCUT2D eigenvalue weighted by molar-refractivity contribution is 1.18. The summed E-state index contributed by atoms with van der Waals surface area (Å²) in [6.07, 6.45) is 0. The molecule has 11 aromatic carbocycles. The SMILES string of the molecule is c1ccc(N2B3c4ccccc4Nc4cc(-c5cccc(-n6c7ccccc7c7ccccc76)c5)cc(c43)-c3ccc(-c4cccc([Si](c5ccccc5)(c5ccccc5)c5ccccc5)c4)cc32)cc1. The van der Waals surface area contributed by atoms with Crippen LogP contribution in [0, 0.1) is 0 Å². The number of aromatic nitrogens is 1. The summed E-state index contributed by atoms with van der Waals surface area (Å²) >= 11 is 0. The van der Waals surface area contributed by atoms with Crippen molar-refractivity contribution in [3.05, 3.63) is 273 Å². The first kappa shape index (κ1) is 41.1. The molecule has 0 aliphatic carbocycles. The normalized spacial score (nSPS) is 12.6. The highest BCUT2D eigenvalue weighted by Crippen LogP contribution is 2.46. The van der Waals surface area contributed by atoms with Crippen molar-refractivity contribution in [2.75, 3.05) is 10.1 Å². The molecule has 2 aliphatic heterocycles. The van der Waals surface area contributed by atoms with Gasteiger partial charge in [0.2, 0.25) is 0 Å². The molecule has 0 fully saturated rings. The maximum atomic E-state index is 3.95. The van der Waals surface area contributed by atoms with E-state index >= 15 is 0 Å². The Balaban J connectivity index is 0.975. The highest BCUT2D eigenvalue weighted by Gasteiger charge is 2.44. The molecule has 0 unspecified atom stereocenters. The van der Waals surface area contributed by atoms with Crippen LogP contribution < -0.4 is 41.8 Å². The molecule has 14 rings (SSSR count). The van der Waals surface area contributed by atoms with Crippen LogP contribution >= 0.6 is 0 Å². The van der Waals surface area contributed by atoms with Gasteiger partial charge in [0.1, 0.15) is 0 Å². The molecule has 0 saturated carbocycles. The van der Waals surface area contributed by atoms with Crippen molar-refractivity contribution in [1.29, 1.82) is 0 Å². The van der Waals surface area contributed by atoms with Crippen molar-refractivity contribution < 1.29 is 0 Å². The fraction of sp³-hybridized carbons (Fsp3) is 0. The fourth-order valence-corrected chi connectivity index (χ4v) is 16.8. The van der Waals surface area contributed by atoms with E-state index in [1.54, 1.807) is 0 Å². The summed E-state index contributed by atoms with van der Waals surface area (Å²) in [5.74, 6) is 0. The van der Waals surface area contributed by atoms with Gasteiger partial charge in [-0.05, 0) is 120 Å². The van der Waals surface area contributed by atoms with Gasteiger partial charge < -0.3 is 14.7 Å². The van der Waals surface area contributed by atoms with Crippen LogP contribution in [0.4, 0.5) is 22.7 Å². The second-order valence-corrected chi connectivity index (χ2v) is 22.7. The molecule has 71 heavy (non-hydrogen) atoms. The minimum absolute atomic E-state index is 0.0683. The Bertz CT molecular complexity index is 3830. The van der Waals surface area contributed by atoms with Crippen molar-refractivity contribution in [3.63, 3.8) is 0 Å². The lowest BCUT2D eigenvalue weighted by atomic mass is 9.43. The Labute approximate surface area is 415 Å². The number of hydrogen-bond donors (Lipinski definition) is 1. The molecule has 3 heterocycles. The number of para-hydroxylation sites is 4. The zero-order valence-corrected chi connectivity index (χ0v) is 40.0. The molecule has 0 radical (unpaired) electrons. The summed E-state index contributed by atoms with van der Waals surface area (Å²) in [4.78, 5) is 2.59. The van der Waals surface area contributed by atoms with E-state index in [0.29, 0.717) is 0 Å². The van der Waals surface area contributed by atoms with E-state index in [1.807, 2.05) is 0 Å². The zero-order valence-electron chi connectivity index (χ0n) is 39.0. The second-order valence-electron chi connectivity index (χ2n) is 18.9. The molecule has 3 nitrogen and oxygen atoms in total. The van der Waals surface area contributed by atoms with Gasteiger partial charge in [-0.1, -0.05) is 212 Å². The molecule has 5 heteroatoms. The maximum absolute atomic E-state index is 3.95. The monoisotopic (exact) mass is 919 g/mol. The summed E-state index contributed by atoms with van der Waals surface area (Å²) < 4.78 is 2.41. The van der Waals surface area contributed by atoms with Crippen LogP contribution in [-0.2, 0) is 0 Å². The number of benzene rings is 11. The topological polar surface area (TPSA) is 20.2 Å². The number of hydrogen-bond acceptors (Lipinski definition) is 2. The Hall–Kier alpha value is -8.90. The van der Waals surface area contributed by atoms with Gasteiger partial charge in [-0.25, -0.2) is 0 Å². The van der Waals surface area contributed by atoms with Gasteiger partial charge in [0.15, 0.2) is 8.07 Å². The van der Waals surface area contributed by atoms with Gasteiger partial charge in [-0.3, -0.25) is 0 Å². The summed E-state index contributed by atoms with van der Waals surface area (Å²) in [6, 6.07) is 102. The minimum Gasteiger partial charge on any atom is -0.376 e. The van der Waals surface area contributed by atoms with Crippen LogP contribution in [0.5, 0.6) is 0 Å². The Morgan fingerprint density at radius 2 is 0.859 bits per heavy atom. The minimum atomic E-state index is -2.77. The number of nitrogens with one attached hydrogen (secondary N) is 1. The molecule has 1 N–H and O–H groups in total. The average Bonchev–Trinajstić information content (AvgIpc) is 3.79. The summed E-state index contributed by atoms with van der Waals surface area (Å²) in [5, 5.41) is 11.9. The highest BCUT2D eigenvalue weighted by atomic mass is 28.3. The zero-order chi connectivity index (χ0) is 46.9. The van der Waals surface area contributed by atoms with Crippen molar-refractivity contribution in [2.24, 2.45) is 0 Å². The van der Waals surface area contributed by atoms with Crippen LogP contribution in [0.3, 0.4) is 0 Å². The average molecular weight is 920 g/mol. The molecule has 12 aromatic rings. The van der Waals surface area contributed by atoms with E-state index in [4.69, 9.17) is 0 Å². The van der Waals surface area contributed by atoms with Gasteiger partial charge in [0, 0.05) is 44.8 Å². The smallest absolute Gasteiger partial charge is 0.333 e. The third-order valence-electron chi connectivity index (χ3n) is 15.1. The largest absolute Gasteiger partial charge is 0.376 e. The third kappa shape index (κ3) is 6.51. The van der Waals surface area contributed by atoms with Gasteiger partial charge in [0.05, 0.1) is 11.0 Å². The van der Waals surface area contributed by atoms with Gasteiger partial charge in [-0.15, -0.1) is 0 Å². The first-order chi connectivity index (χ1) is 35.2. The molecule has 332 valence electrons. The molecular weight excluding hydrogens is 874 g/mol. The Kier molecular flexibility index (Phi) is 9.65. The first-order valence-corrected chi connectivity index (χ1v) is 26.6. The molecule has 0 amide bonds. The van der Waals surface area contributed by atoms with Crippen molar-refractivity contribution >= 4 is 91.1 Å². The molecule has 0 bridgehead atoms. The van der Waals surface area contributed by atoms with Gasteiger partial charge in [0.25, 0.3) is 0 Å². The molecule has 0 saturated heterocycles. The van der Waals surface area contributed by atoms with Crippen molar-refractivity contribution in [1.82, 2.24) is 4.57 Å². The van der Waals surface area contributed by atoms with E-state index in [9.17, 15) is 0 Å². The lowest BCUT2D eigenvalue weighted by Gasteiger charge is -2.43. The second kappa shape index (κ2) is 16.7. The standard InChI is InChI=1S/C66H46BN3Si/c1-5-23-50(24-6-1)70-65-45-48(47-22-20-32-55(42-47)71(52-26-7-2-8-27-52,53-28-9-3-10-29-53)54-30-11-4-12-31-54)39-40-58(65)59-43-49(44-62-66(59)67(70)60-35-15-16-36-61(60)68-62)46-21-19-25-51(41-46)69-63-37-17-13-33-56(63)57-34-14-18-38-64(57)69/h1-45,68H. The van der Waals surface area contributed by atoms with E-state index in [2.05, 4.69) is 288 Å². The Morgan fingerprint density at radius 3 is 1.52 bits per heavy atom.